The van der Waals surface area contributed by atoms with Crippen LogP contribution in [0.3, 0.4) is 0 Å². The highest BCUT2D eigenvalue weighted by molar-refractivity contribution is 8.06. The number of sulfone groups is 1. The summed E-state index contributed by atoms with van der Waals surface area (Å²) in [5, 5.41) is -1.000. The van der Waals surface area contributed by atoms with E-state index in [-0.39, 0.29) is 19.5 Å². The third kappa shape index (κ3) is 2.95. The van der Waals surface area contributed by atoms with Crippen molar-refractivity contribution < 1.29 is 31.2 Å². The largest absolute Gasteiger partial charge is 0.393 e. The number of sulfonamides is 1. The standard InChI is InChI=1S/C9H13NO7S2/c1-18(13,14)5-19(15,16)10-3-2-6-7(4-10)9(12)17-8(6)11/h6-7H,2-5H2,1H3. The van der Waals surface area contributed by atoms with Crippen molar-refractivity contribution in [1.29, 1.82) is 0 Å². The summed E-state index contributed by atoms with van der Waals surface area (Å²) in [5.74, 6) is -2.81. The fourth-order valence-corrected chi connectivity index (χ4v) is 5.82. The zero-order valence-electron chi connectivity index (χ0n) is 10.1. The highest BCUT2D eigenvalue weighted by atomic mass is 32.3. The lowest BCUT2D eigenvalue weighted by atomic mass is 9.89. The second-order valence-corrected chi connectivity index (χ2v) is 9.23. The van der Waals surface area contributed by atoms with Crippen LogP contribution in [0, 0.1) is 11.8 Å². The maximum atomic E-state index is 11.9. The highest BCUT2D eigenvalue weighted by Crippen LogP contribution is 2.32. The number of piperidine rings is 1. The van der Waals surface area contributed by atoms with Crippen LogP contribution in [-0.2, 0) is 34.2 Å². The molecule has 0 radical (unpaired) electrons. The summed E-state index contributed by atoms with van der Waals surface area (Å²) in [6.07, 6.45) is 0.989. The van der Waals surface area contributed by atoms with Gasteiger partial charge in [0.15, 0.2) is 14.9 Å². The molecule has 2 fully saturated rings. The summed E-state index contributed by atoms with van der Waals surface area (Å²) in [7, 11) is -7.68. The number of nitrogens with zero attached hydrogens (tertiary/aromatic N) is 1. The van der Waals surface area contributed by atoms with E-state index in [4.69, 9.17) is 0 Å². The van der Waals surface area contributed by atoms with Crippen molar-refractivity contribution in [2.75, 3.05) is 24.4 Å². The maximum Gasteiger partial charge on any atom is 0.318 e. The van der Waals surface area contributed by atoms with E-state index in [0.29, 0.717) is 0 Å². The second-order valence-electron chi connectivity index (χ2n) is 4.76. The quantitative estimate of drug-likeness (QED) is 0.452. The van der Waals surface area contributed by atoms with E-state index < -0.39 is 48.7 Å². The van der Waals surface area contributed by atoms with Gasteiger partial charge in [-0.15, -0.1) is 0 Å². The minimum absolute atomic E-state index is 0.0153. The van der Waals surface area contributed by atoms with Gasteiger partial charge in [0.2, 0.25) is 10.0 Å². The number of ether oxygens (including phenoxy) is 1. The smallest absolute Gasteiger partial charge is 0.318 e. The number of hydrogen-bond acceptors (Lipinski definition) is 7. The van der Waals surface area contributed by atoms with Gasteiger partial charge in [-0.3, -0.25) is 9.59 Å². The predicted molar refractivity (Wildman–Crippen MR) is 62.9 cm³/mol. The third-order valence-corrected chi connectivity index (χ3v) is 7.16. The first kappa shape index (κ1) is 14.4. The van der Waals surface area contributed by atoms with E-state index >= 15 is 0 Å². The van der Waals surface area contributed by atoms with Crippen LogP contribution in [0.1, 0.15) is 6.42 Å². The van der Waals surface area contributed by atoms with Crippen LogP contribution in [0.15, 0.2) is 0 Å². The molecule has 0 aromatic heterocycles. The molecule has 0 amide bonds. The van der Waals surface area contributed by atoms with Crippen LogP contribution in [-0.4, -0.2) is 57.5 Å². The van der Waals surface area contributed by atoms with Gasteiger partial charge in [0, 0.05) is 19.3 Å². The zero-order valence-corrected chi connectivity index (χ0v) is 11.7. The van der Waals surface area contributed by atoms with E-state index in [0.717, 1.165) is 10.6 Å². The first-order valence-corrected chi connectivity index (χ1v) is 9.18. The summed E-state index contributed by atoms with van der Waals surface area (Å²) < 4.78 is 51.3. The van der Waals surface area contributed by atoms with E-state index in [9.17, 15) is 26.4 Å². The Hall–Kier alpha value is -1.00. The van der Waals surface area contributed by atoms with Crippen molar-refractivity contribution in [3.63, 3.8) is 0 Å². The molecule has 0 spiro atoms. The van der Waals surface area contributed by atoms with Gasteiger partial charge in [-0.25, -0.2) is 21.1 Å². The molecule has 0 N–H and O–H groups in total. The molecule has 2 saturated heterocycles. The summed E-state index contributed by atoms with van der Waals surface area (Å²) in [5.41, 5.74) is 0. The SMILES string of the molecule is CS(=O)(=O)CS(=O)(=O)N1CCC2C(=O)OC(=O)C2C1. The normalized spacial score (nSPS) is 29.1. The average Bonchev–Trinajstić information content (AvgIpc) is 2.51. The molecule has 2 aliphatic heterocycles. The van der Waals surface area contributed by atoms with Crippen molar-refractivity contribution in [3.05, 3.63) is 0 Å². The Labute approximate surface area is 110 Å². The van der Waals surface area contributed by atoms with Gasteiger partial charge in [0.25, 0.3) is 0 Å². The molecule has 108 valence electrons. The molecular weight excluding hydrogens is 298 g/mol. The molecule has 19 heavy (non-hydrogen) atoms. The Morgan fingerprint density at radius 3 is 2.32 bits per heavy atom. The lowest BCUT2D eigenvalue weighted by molar-refractivity contribution is -0.153. The minimum Gasteiger partial charge on any atom is -0.393 e. The van der Waals surface area contributed by atoms with Crippen molar-refractivity contribution in [1.82, 2.24) is 4.31 Å². The molecule has 2 aliphatic rings. The van der Waals surface area contributed by atoms with Gasteiger partial charge >= 0.3 is 11.9 Å². The lowest BCUT2D eigenvalue weighted by Crippen LogP contribution is -2.46. The number of esters is 2. The Balaban J connectivity index is 2.17. The Morgan fingerprint density at radius 1 is 1.16 bits per heavy atom. The molecule has 2 atom stereocenters. The number of rotatable bonds is 3. The number of hydrogen-bond donors (Lipinski definition) is 0. The molecule has 8 nitrogen and oxygen atoms in total. The topological polar surface area (TPSA) is 115 Å². The van der Waals surface area contributed by atoms with Crippen LogP contribution in [0.25, 0.3) is 0 Å². The van der Waals surface area contributed by atoms with Gasteiger partial charge in [-0.2, -0.15) is 0 Å². The number of fused-ring (bicyclic) bond motifs is 1. The molecule has 2 rings (SSSR count). The molecule has 0 aromatic rings. The molecular formula is C9H13NO7S2. The number of carbonyl (C=O) groups excluding carboxylic acids is 2. The van der Waals surface area contributed by atoms with E-state index in [2.05, 4.69) is 4.74 Å². The molecule has 2 heterocycles. The summed E-state index contributed by atoms with van der Waals surface area (Å²) in [6, 6.07) is 0. The summed E-state index contributed by atoms with van der Waals surface area (Å²) in [4.78, 5) is 22.7. The van der Waals surface area contributed by atoms with Crippen LogP contribution < -0.4 is 0 Å². The maximum absolute atomic E-state index is 11.9. The van der Waals surface area contributed by atoms with Gasteiger partial charge in [0.1, 0.15) is 0 Å². The Morgan fingerprint density at radius 2 is 1.74 bits per heavy atom. The Kier molecular flexibility index (Phi) is 3.43. The highest BCUT2D eigenvalue weighted by Gasteiger charge is 2.49. The van der Waals surface area contributed by atoms with Crippen molar-refractivity contribution >= 4 is 31.8 Å². The third-order valence-electron chi connectivity index (χ3n) is 3.14. The molecule has 10 heteroatoms. The molecule has 0 aliphatic carbocycles. The number of cyclic esters (lactones) is 2. The van der Waals surface area contributed by atoms with Crippen molar-refractivity contribution in [3.8, 4) is 0 Å². The van der Waals surface area contributed by atoms with Gasteiger partial charge < -0.3 is 4.74 Å². The fourth-order valence-electron chi connectivity index (χ4n) is 2.29. The monoisotopic (exact) mass is 311 g/mol. The fraction of sp³-hybridized carbons (Fsp3) is 0.778. The van der Waals surface area contributed by atoms with Crippen molar-refractivity contribution in [2.45, 2.75) is 6.42 Å². The van der Waals surface area contributed by atoms with Crippen LogP contribution in [0.4, 0.5) is 0 Å². The summed E-state index contributed by atoms with van der Waals surface area (Å²) in [6.45, 7) is -0.186. The van der Waals surface area contributed by atoms with Crippen LogP contribution in [0.2, 0.25) is 0 Å². The van der Waals surface area contributed by atoms with Crippen LogP contribution >= 0.6 is 0 Å². The molecule has 2 unspecified atom stereocenters. The first-order valence-electron chi connectivity index (χ1n) is 5.51. The molecule has 0 saturated carbocycles. The van der Waals surface area contributed by atoms with Crippen molar-refractivity contribution in [2.24, 2.45) is 11.8 Å². The van der Waals surface area contributed by atoms with Gasteiger partial charge in [0.05, 0.1) is 11.8 Å². The minimum atomic E-state index is -3.99. The first-order chi connectivity index (χ1) is 8.60. The van der Waals surface area contributed by atoms with Gasteiger partial charge in [-0.05, 0) is 6.42 Å². The second kappa shape index (κ2) is 4.53. The van der Waals surface area contributed by atoms with E-state index in [1.165, 1.54) is 0 Å². The predicted octanol–water partition coefficient (Wildman–Crippen LogP) is -1.66. The Bertz CT molecular complexity index is 621. The van der Waals surface area contributed by atoms with E-state index in [1.807, 2.05) is 0 Å². The zero-order chi connectivity index (χ0) is 14.4. The van der Waals surface area contributed by atoms with Gasteiger partial charge in [-0.1, -0.05) is 0 Å². The molecule has 0 aromatic carbocycles. The molecule has 0 bridgehead atoms. The lowest BCUT2D eigenvalue weighted by Gasteiger charge is -2.30. The van der Waals surface area contributed by atoms with Crippen LogP contribution in [0.5, 0.6) is 0 Å². The number of carbonyl (C=O) groups is 2. The summed E-state index contributed by atoms with van der Waals surface area (Å²) >= 11 is 0. The van der Waals surface area contributed by atoms with E-state index in [1.54, 1.807) is 0 Å². The average molecular weight is 311 g/mol.